The highest BCUT2D eigenvalue weighted by atomic mass is 16.6. The molecule has 3 rings (SSSR count). The van der Waals surface area contributed by atoms with Gasteiger partial charge in [0.2, 0.25) is 0 Å². The molecule has 2 bridgehead atoms. The molecule has 2 saturated carbocycles. The molecule has 2 heteroatoms. The Morgan fingerprint density at radius 2 is 1.83 bits per heavy atom. The van der Waals surface area contributed by atoms with E-state index in [1.54, 1.807) is 0 Å². The minimum Gasteiger partial charge on any atom is -0.370 e. The van der Waals surface area contributed by atoms with E-state index >= 15 is 0 Å². The van der Waals surface area contributed by atoms with Crippen molar-refractivity contribution in [1.82, 2.24) is 0 Å². The molecule has 1 aliphatic heterocycles. The van der Waals surface area contributed by atoms with Crippen LogP contribution in [0.2, 0.25) is 0 Å². The van der Waals surface area contributed by atoms with E-state index in [1.165, 1.54) is 6.42 Å². The van der Waals surface area contributed by atoms with Gasteiger partial charge in [-0.3, -0.25) is 4.79 Å². The smallest absolute Gasteiger partial charge is 0.133 e. The van der Waals surface area contributed by atoms with Gasteiger partial charge in [0.15, 0.2) is 0 Å². The van der Waals surface area contributed by atoms with Gasteiger partial charge in [-0.05, 0) is 31.1 Å². The van der Waals surface area contributed by atoms with E-state index in [0.29, 0.717) is 17.6 Å². The van der Waals surface area contributed by atoms with Crippen molar-refractivity contribution in [3.63, 3.8) is 0 Å². The van der Waals surface area contributed by atoms with Gasteiger partial charge in [0, 0.05) is 12.8 Å². The topological polar surface area (TPSA) is 29.6 Å². The highest BCUT2D eigenvalue weighted by molar-refractivity contribution is 5.79. The molecule has 0 aromatic rings. The van der Waals surface area contributed by atoms with Crippen molar-refractivity contribution in [1.29, 1.82) is 0 Å². The first kappa shape index (κ1) is 7.07. The van der Waals surface area contributed by atoms with Crippen molar-refractivity contribution in [2.24, 2.45) is 11.8 Å². The zero-order valence-electron chi connectivity index (χ0n) is 7.21. The van der Waals surface area contributed by atoms with Crippen molar-refractivity contribution in [2.45, 2.75) is 37.7 Å². The first-order valence-corrected chi connectivity index (χ1v) is 4.91. The molecule has 0 aromatic carbocycles. The van der Waals surface area contributed by atoms with Gasteiger partial charge in [0.25, 0.3) is 0 Å². The Kier molecular flexibility index (Phi) is 1.24. The van der Waals surface area contributed by atoms with E-state index in [4.69, 9.17) is 4.74 Å². The average molecular weight is 166 g/mol. The number of hydrogen-bond acceptors (Lipinski definition) is 2. The SMILES string of the molecule is O=C1CC2CC(C1)CC1(CO1)C2. The first-order valence-electron chi connectivity index (χ1n) is 4.91. The lowest BCUT2D eigenvalue weighted by Crippen LogP contribution is -2.35. The van der Waals surface area contributed by atoms with Crippen molar-refractivity contribution < 1.29 is 9.53 Å². The molecule has 3 fully saturated rings. The average Bonchev–Trinajstić information content (AvgIpc) is 2.65. The fourth-order valence-corrected chi connectivity index (χ4v) is 3.15. The van der Waals surface area contributed by atoms with Crippen molar-refractivity contribution in [2.75, 3.05) is 6.61 Å². The predicted molar refractivity (Wildman–Crippen MR) is 43.8 cm³/mol. The summed E-state index contributed by atoms with van der Waals surface area (Å²) in [4.78, 5) is 11.3. The van der Waals surface area contributed by atoms with Gasteiger partial charge in [-0.1, -0.05) is 0 Å². The summed E-state index contributed by atoms with van der Waals surface area (Å²) in [5.41, 5.74) is 0.258. The van der Waals surface area contributed by atoms with E-state index in [1.807, 2.05) is 0 Å². The lowest BCUT2D eigenvalue weighted by Gasteiger charge is -2.36. The fourth-order valence-electron chi connectivity index (χ4n) is 3.15. The quantitative estimate of drug-likeness (QED) is 0.511. The van der Waals surface area contributed by atoms with Gasteiger partial charge >= 0.3 is 0 Å². The third kappa shape index (κ3) is 1.01. The molecule has 2 atom stereocenters. The number of hydrogen-bond donors (Lipinski definition) is 0. The molecule has 2 unspecified atom stereocenters. The summed E-state index contributed by atoms with van der Waals surface area (Å²) in [5, 5.41) is 0. The van der Waals surface area contributed by atoms with Crippen molar-refractivity contribution in [3.05, 3.63) is 0 Å². The van der Waals surface area contributed by atoms with E-state index in [-0.39, 0.29) is 5.60 Å². The minimum atomic E-state index is 0.258. The minimum absolute atomic E-state index is 0.258. The van der Waals surface area contributed by atoms with Crippen LogP contribution >= 0.6 is 0 Å². The molecule has 0 radical (unpaired) electrons. The summed E-state index contributed by atoms with van der Waals surface area (Å²) in [6, 6.07) is 0. The van der Waals surface area contributed by atoms with E-state index in [0.717, 1.165) is 32.3 Å². The summed E-state index contributed by atoms with van der Waals surface area (Å²) in [6.45, 7) is 0.966. The number of carbonyl (C=O) groups excluding carboxylic acids is 1. The molecule has 0 N–H and O–H groups in total. The summed E-state index contributed by atoms with van der Waals surface area (Å²) >= 11 is 0. The number of Topliss-reactive ketones (excluding diaryl/α,β-unsaturated/α-hetero) is 1. The number of ether oxygens (including phenoxy) is 1. The van der Waals surface area contributed by atoms with Gasteiger partial charge in [0.05, 0.1) is 12.2 Å². The largest absolute Gasteiger partial charge is 0.370 e. The molecule has 1 spiro atoms. The normalized spacial score (nSPS) is 51.2. The Labute approximate surface area is 72.3 Å². The number of fused-ring (bicyclic) bond motifs is 2. The van der Waals surface area contributed by atoms with Gasteiger partial charge in [-0.25, -0.2) is 0 Å². The van der Waals surface area contributed by atoms with Crippen molar-refractivity contribution in [3.8, 4) is 0 Å². The molecular formula is C10H14O2. The molecule has 2 aliphatic carbocycles. The van der Waals surface area contributed by atoms with E-state index in [9.17, 15) is 4.79 Å². The van der Waals surface area contributed by atoms with E-state index in [2.05, 4.69) is 0 Å². The molecule has 0 amide bonds. The molecule has 1 heterocycles. The van der Waals surface area contributed by atoms with Gasteiger partial charge < -0.3 is 4.74 Å². The molecule has 66 valence electrons. The van der Waals surface area contributed by atoms with Crippen LogP contribution in [0.5, 0.6) is 0 Å². The van der Waals surface area contributed by atoms with Crippen LogP contribution in [0, 0.1) is 11.8 Å². The number of ketones is 1. The molecule has 12 heavy (non-hydrogen) atoms. The van der Waals surface area contributed by atoms with Crippen LogP contribution in [0.25, 0.3) is 0 Å². The predicted octanol–water partition coefficient (Wildman–Crippen LogP) is 1.53. The molecule has 3 aliphatic rings. The van der Waals surface area contributed by atoms with Crippen LogP contribution in [0.4, 0.5) is 0 Å². The van der Waals surface area contributed by atoms with Crippen LogP contribution in [0.3, 0.4) is 0 Å². The lowest BCUT2D eigenvalue weighted by atomic mass is 9.67. The Bertz CT molecular complexity index is 212. The third-order valence-electron chi connectivity index (χ3n) is 3.57. The monoisotopic (exact) mass is 166 g/mol. The first-order chi connectivity index (χ1) is 5.76. The maximum absolute atomic E-state index is 11.3. The standard InChI is InChI=1S/C10H14O2/c11-9-2-7-1-8(3-9)5-10(4-7)6-12-10/h7-8H,1-6H2. The Hall–Kier alpha value is -0.370. The van der Waals surface area contributed by atoms with Gasteiger partial charge in [-0.2, -0.15) is 0 Å². The Morgan fingerprint density at radius 1 is 1.25 bits per heavy atom. The Morgan fingerprint density at radius 3 is 2.33 bits per heavy atom. The van der Waals surface area contributed by atoms with Crippen LogP contribution in [0.15, 0.2) is 0 Å². The van der Waals surface area contributed by atoms with Crippen LogP contribution < -0.4 is 0 Å². The third-order valence-corrected chi connectivity index (χ3v) is 3.57. The zero-order chi connectivity index (χ0) is 8.18. The second-order valence-corrected chi connectivity index (χ2v) is 4.79. The maximum atomic E-state index is 11.3. The van der Waals surface area contributed by atoms with E-state index < -0.39 is 0 Å². The van der Waals surface area contributed by atoms with Crippen molar-refractivity contribution >= 4 is 5.78 Å². The zero-order valence-corrected chi connectivity index (χ0v) is 7.21. The number of rotatable bonds is 0. The second kappa shape index (κ2) is 2.11. The van der Waals surface area contributed by atoms with Crippen LogP contribution in [-0.4, -0.2) is 18.0 Å². The summed E-state index contributed by atoms with van der Waals surface area (Å²) in [7, 11) is 0. The number of epoxide rings is 1. The maximum Gasteiger partial charge on any atom is 0.133 e. The lowest BCUT2D eigenvalue weighted by molar-refractivity contribution is -0.124. The summed E-state index contributed by atoms with van der Waals surface area (Å²) < 4.78 is 5.50. The fraction of sp³-hybridized carbons (Fsp3) is 0.900. The second-order valence-electron chi connectivity index (χ2n) is 4.79. The molecule has 1 saturated heterocycles. The molecule has 2 nitrogen and oxygen atoms in total. The highest BCUT2D eigenvalue weighted by Gasteiger charge is 2.52. The number of carbonyl (C=O) groups is 1. The molecular weight excluding hydrogens is 152 g/mol. The van der Waals surface area contributed by atoms with Crippen LogP contribution in [-0.2, 0) is 9.53 Å². The summed E-state index contributed by atoms with van der Waals surface area (Å²) in [5.74, 6) is 1.81. The Balaban J connectivity index is 1.80. The highest BCUT2D eigenvalue weighted by Crippen LogP contribution is 2.50. The molecule has 0 aromatic heterocycles. The van der Waals surface area contributed by atoms with Gasteiger partial charge in [0.1, 0.15) is 5.78 Å². The summed E-state index contributed by atoms with van der Waals surface area (Å²) in [6.07, 6.45) is 5.28. The van der Waals surface area contributed by atoms with Gasteiger partial charge in [-0.15, -0.1) is 0 Å². The van der Waals surface area contributed by atoms with Crippen LogP contribution in [0.1, 0.15) is 32.1 Å².